The van der Waals surface area contributed by atoms with Crippen LogP contribution in [0.3, 0.4) is 0 Å². The van der Waals surface area contributed by atoms with Crippen molar-refractivity contribution in [2.75, 3.05) is 16.5 Å². The lowest BCUT2D eigenvalue weighted by molar-refractivity contribution is 0.444. The van der Waals surface area contributed by atoms with E-state index in [1.54, 1.807) is 0 Å². The van der Waals surface area contributed by atoms with Crippen molar-refractivity contribution in [2.24, 2.45) is 10.8 Å². The molecule has 0 N–H and O–H groups in total. The SMILES string of the molecule is CC(C)(C)C1=C(C(C)(C)C)N(c2cc(-c3ccccc3)cc(C(C)(C)c3ccccc3)c2)CN1c1cc(Oc2cc(C(C)(C)C)c3c4ccccc4n(-c4cc(C(C)(C)C)ccn4)c3c2)cc(C(C)(C)c2ccccc2)c1. The summed E-state index contributed by atoms with van der Waals surface area (Å²) in [7, 11) is 0. The number of nitrogens with zero attached hydrogens (tertiary/aromatic N) is 4. The van der Waals surface area contributed by atoms with E-state index in [-0.39, 0.29) is 32.5 Å². The van der Waals surface area contributed by atoms with Crippen LogP contribution in [-0.4, -0.2) is 16.2 Å². The van der Waals surface area contributed by atoms with Gasteiger partial charge in [-0.1, -0.05) is 226 Å². The first kappa shape index (κ1) is 53.0. The summed E-state index contributed by atoms with van der Waals surface area (Å²) in [6, 6.07) is 64.7. The van der Waals surface area contributed by atoms with Crippen LogP contribution in [0.4, 0.5) is 11.4 Å². The summed E-state index contributed by atoms with van der Waals surface area (Å²) in [6.07, 6.45) is 1.96. The van der Waals surface area contributed by atoms with Crippen molar-refractivity contribution in [3.8, 4) is 28.4 Å². The highest BCUT2D eigenvalue weighted by molar-refractivity contribution is 6.11. The van der Waals surface area contributed by atoms with Crippen molar-refractivity contribution >= 4 is 33.2 Å². The molecule has 0 unspecified atom stereocenters. The standard InChI is InChI=1S/C72H80N4O/c1-67(2,3)52-36-37-73-63(43-52)76-61-35-27-26-34-59(61)64-60(68(4,5)6)45-58(46-62(64)76)77-57-42-54(72(15,16)51-32-24-19-25-33-51)41-56(44-57)75-47-74(65(69(7,8)9)66(75)70(10,11)12)55-39-49(48-28-20-17-21-29-48)38-53(40-55)71(13,14)50-30-22-18-23-31-50/h17-46H,47H2,1-16H3. The molecule has 1 aliphatic heterocycles. The number of ether oxygens (including phenoxy) is 1. The Bertz CT molecular complexity index is 3660. The molecular weight excluding hydrogens is 937 g/mol. The predicted octanol–water partition coefficient (Wildman–Crippen LogP) is 19.5. The molecule has 0 saturated carbocycles. The molecule has 0 bridgehead atoms. The average Bonchev–Trinajstić information content (AvgIpc) is 3.98. The van der Waals surface area contributed by atoms with Crippen LogP contribution in [0.15, 0.2) is 194 Å². The van der Waals surface area contributed by atoms with E-state index < -0.39 is 0 Å². The van der Waals surface area contributed by atoms with Gasteiger partial charge in [0.05, 0.1) is 17.7 Å². The fourth-order valence-electron chi connectivity index (χ4n) is 11.7. The number of hydrogen-bond donors (Lipinski definition) is 0. The molecule has 0 amide bonds. The number of aromatic nitrogens is 2. The van der Waals surface area contributed by atoms with Crippen molar-refractivity contribution in [1.29, 1.82) is 0 Å². The largest absolute Gasteiger partial charge is 0.457 e. The highest BCUT2D eigenvalue weighted by Crippen LogP contribution is 2.51. The van der Waals surface area contributed by atoms with Crippen molar-refractivity contribution in [2.45, 2.75) is 132 Å². The second kappa shape index (κ2) is 19.3. The highest BCUT2D eigenvalue weighted by atomic mass is 16.5. The van der Waals surface area contributed by atoms with E-state index in [2.05, 4.69) is 301 Å². The fourth-order valence-corrected chi connectivity index (χ4v) is 11.7. The van der Waals surface area contributed by atoms with Gasteiger partial charge in [-0.2, -0.15) is 0 Å². The van der Waals surface area contributed by atoms with Crippen LogP contribution in [-0.2, 0) is 21.7 Å². The lowest BCUT2D eigenvalue weighted by Gasteiger charge is -2.35. The van der Waals surface area contributed by atoms with Crippen LogP contribution >= 0.6 is 0 Å². The van der Waals surface area contributed by atoms with Crippen molar-refractivity contribution in [1.82, 2.24) is 9.55 Å². The van der Waals surface area contributed by atoms with E-state index in [9.17, 15) is 0 Å². The summed E-state index contributed by atoms with van der Waals surface area (Å²) in [4.78, 5) is 10.3. The molecule has 2 aromatic heterocycles. The fraction of sp³-hybridized carbons (Fsp3) is 0.319. The molecule has 0 saturated heterocycles. The Morgan fingerprint density at radius 3 is 1.44 bits per heavy atom. The summed E-state index contributed by atoms with van der Waals surface area (Å²) >= 11 is 0. The lowest BCUT2D eigenvalue weighted by Crippen LogP contribution is -2.32. The maximum Gasteiger partial charge on any atom is 0.137 e. The average molecular weight is 1020 g/mol. The van der Waals surface area contributed by atoms with Gasteiger partial charge in [-0.3, -0.25) is 4.57 Å². The summed E-state index contributed by atoms with van der Waals surface area (Å²) < 4.78 is 9.80. The van der Waals surface area contributed by atoms with Gasteiger partial charge < -0.3 is 14.5 Å². The van der Waals surface area contributed by atoms with Crippen LogP contribution in [0.25, 0.3) is 38.8 Å². The van der Waals surface area contributed by atoms with Crippen molar-refractivity contribution in [3.63, 3.8) is 0 Å². The van der Waals surface area contributed by atoms with Gasteiger partial charge in [-0.05, 0) is 104 Å². The molecule has 9 aromatic rings. The first-order valence-corrected chi connectivity index (χ1v) is 27.7. The van der Waals surface area contributed by atoms with E-state index in [0.29, 0.717) is 6.67 Å². The smallest absolute Gasteiger partial charge is 0.137 e. The molecule has 0 atom stereocenters. The second-order valence-electron chi connectivity index (χ2n) is 26.7. The molecule has 1 aliphatic rings. The Labute approximate surface area is 460 Å². The molecule has 77 heavy (non-hydrogen) atoms. The van der Waals surface area contributed by atoms with Gasteiger partial charge in [0.25, 0.3) is 0 Å². The Morgan fingerprint density at radius 1 is 0.390 bits per heavy atom. The molecule has 0 spiro atoms. The number of hydrogen-bond acceptors (Lipinski definition) is 4. The highest BCUT2D eigenvalue weighted by Gasteiger charge is 2.43. The Morgan fingerprint density at radius 2 is 0.896 bits per heavy atom. The molecule has 3 heterocycles. The molecule has 10 rings (SSSR count). The summed E-state index contributed by atoms with van der Waals surface area (Å²) in [6.45, 7) is 38.0. The normalized spacial score (nSPS) is 14.1. The third kappa shape index (κ3) is 10.1. The molecule has 5 heteroatoms. The number of anilines is 2. The number of allylic oxidation sites excluding steroid dienone is 2. The molecule has 394 valence electrons. The molecule has 0 fully saturated rings. The van der Waals surface area contributed by atoms with Crippen molar-refractivity contribution in [3.05, 3.63) is 227 Å². The van der Waals surface area contributed by atoms with Crippen LogP contribution in [0, 0.1) is 10.8 Å². The minimum Gasteiger partial charge on any atom is -0.457 e. The molecule has 0 radical (unpaired) electrons. The summed E-state index contributed by atoms with van der Waals surface area (Å²) in [5, 5.41) is 2.43. The van der Waals surface area contributed by atoms with Gasteiger partial charge in [-0.15, -0.1) is 0 Å². The van der Waals surface area contributed by atoms with Crippen LogP contribution in [0.5, 0.6) is 11.5 Å². The Hall–Kier alpha value is -7.37. The third-order valence-corrected chi connectivity index (χ3v) is 16.1. The zero-order chi connectivity index (χ0) is 55.0. The van der Waals surface area contributed by atoms with E-state index in [4.69, 9.17) is 9.72 Å². The van der Waals surface area contributed by atoms with Gasteiger partial charge in [0.1, 0.15) is 17.3 Å². The predicted molar refractivity (Wildman–Crippen MR) is 327 cm³/mol. The van der Waals surface area contributed by atoms with Gasteiger partial charge in [0, 0.05) is 73.5 Å². The lowest BCUT2D eigenvalue weighted by atomic mass is 9.77. The van der Waals surface area contributed by atoms with Gasteiger partial charge in [0.15, 0.2) is 0 Å². The van der Waals surface area contributed by atoms with E-state index in [0.717, 1.165) is 34.0 Å². The molecule has 5 nitrogen and oxygen atoms in total. The Kier molecular flexibility index (Phi) is 13.3. The van der Waals surface area contributed by atoms with E-state index >= 15 is 0 Å². The maximum absolute atomic E-state index is 7.46. The third-order valence-electron chi connectivity index (χ3n) is 16.1. The zero-order valence-electron chi connectivity index (χ0n) is 48.7. The monoisotopic (exact) mass is 1020 g/mol. The van der Waals surface area contributed by atoms with Crippen molar-refractivity contribution < 1.29 is 4.74 Å². The Balaban J connectivity index is 1.19. The van der Waals surface area contributed by atoms with Gasteiger partial charge >= 0.3 is 0 Å². The number of rotatable bonds is 10. The van der Waals surface area contributed by atoms with Gasteiger partial charge in [0.2, 0.25) is 0 Å². The molecular formula is C72H80N4O. The topological polar surface area (TPSA) is 33.5 Å². The number of fused-ring (bicyclic) bond motifs is 3. The van der Waals surface area contributed by atoms with E-state index in [1.807, 2.05) is 6.20 Å². The number of pyridine rings is 1. The zero-order valence-corrected chi connectivity index (χ0v) is 48.7. The quantitative estimate of drug-likeness (QED) is 0.137. The first-order chi connectivity index (χ1) is 36.2. The maximum atomic E-state index is 7.46. The summed E-state index contributed by atoms with van der Waals surface area (Å²) in [5.74, 6) is 2.47. The van der Waals surface area contributed by atoms with Crippen LogP contribution < -0.4 is 14.5 Å². The van der Waals surface area contributed by atoms with Gasteiger partial charge in [-0.25, -0.2) is 4.98 Å². The first-order valence-electron chi connectivity index (χ1n) is 27.7. The molecule has 7 aromatic carbocycles. The summed E-state index contributed by atoms with van der Waals surface area (Å²) in [5.41, 5.74) is 15.6. The number of para-hydroxylation sites is 1. The van der Waals surface area contributed by atoms with Crippen LogP contribution in [0.2, 0.25) is 0 Å². The minimum absolute atomic E-state index is 0.0476. The van der Waals surface area contributed by atoms with Crippen LogP contribution in [0.1, 0.15) is 144 Å². The number of benzene rings is 7. The van der Waals surface area contributed by atoms with E-state index in [1.165, 1.54) is 72.4 Å². The molecule has 0 aliphatic carbocycles. The second-order valence-corrected chi connectivity index (χ2v) is 26.7. The minimum atomic E-state index is -0.369.